The lowest BCUT2D eigenvalue weighted by Gasteiger charge is -2.14. The first-order chi connectivity index (χ1) is 13.7. The normalized spacial score (nSPS) is 12.3. The lowest BCUT2D eigenvalue weighted by molar-refractivity contribution is -0.137. The zero-order valence-corrected chi connectivity index (χ0v) is 14.9. The summed E-state index contributed by atoms with van der Waals surface area (Å²) in [6, 6.07) is 10.3. The predicted molar refractivity (Wildman–Crippen MR) is 94.1 cm³/mol. The van der Waals surface area contributed by atoms with Crippen LogP contribution in [-0.4, -0.2) is 38.2 Å². The van der Waals surface area contributed by atoms with Crippen LogP contribution in [0, 0.1) is 0 Å². The van der Waals surface area contributed by atoms with Gasteiger partial charge in [0.25, 0.3) is 5.91 Å². The molecule has 3 rings (SSSR count). The first kappa shape index (κ1) is 20.0. The summed E-state index contributed by atoms with van der Waals surface area (Å²) in [5, 5.41) is 13.0. The molecule has 150 valence electrons. The molecule has 3 aromatic rings. The number of carbonyl (C=O) groups excluding carboxylic acids is 2. The first-order valence-corrected chi connectivity index (χ1v) is 8.26. The number of nitrogens with one attached hydrogen (secondary N) is 1. The molecule has 0 aliphatic heterocycles. The Morgan fingerprint density at radius 2 is 1.86 bits per heavy atom. The number of amides is 1. The average molecular weight is 405 g/mol. The van der Waals surface area contributed by atoms with Crippen molar-refractivity contribution < 1.29 is 27.5 Å². The highest BCUT2D eigenvalue weighted by Crippen LogP contribution is 2.30. The molecule has 1 atom stereocenters. The molecule has 29 heavy (non-hydrogen) atoms. The number of hydrogen-bond acceptors (Lipinski definition) is 6. The molecule has 0 spiro atoms. The van der Waals surface area contributed by atoms with Crippen molar-refractivity contribution in [2.75, 3.05) is 5.32 Å². The summed E-state index contributed by atoms with van der Waals surface area (Å²) in [5.41, 5.74) is -0.163. The number of carbonyl (C=O) groups is 2. The molecule has 0 fully saturated rings. The van der Waals surface area contributed by atoms with E-state index in [2.05, 4.69) is 20.8 Å². The van der Waals surface area contributed by atoms with Gasteiger partial charge in [-0.25, -0.2) is 9.48 Å². The van der Waals surface area contributed by atoms with Gasteiger partial charge >= 0.3 is 12.1 Å². The lowest BCUT2D eigenvalue weighted by Crippen LogP contribution is -2.30. The van der Waals surface area contributed by atoms with E-state index in [9.17, 15) is 22.8 Å². The summed E-state index contributed by atoms with van der Waals surface area (Å²) in [6.45, 7) is 1.32. The number of ether oxygens (including phenoxy) is 1. The Bertz CT molecular complexity index is 1000. The van der Waals surface area contributed by atoms with Gasteiger partial charge < -0.3 is 10.1 Å². The summed E-state index contributed by atoms with van der Waals surface area (Å²) in [6.07, 6.45) is -4.38. The number of anilines is 1. The molecular weight excluding hydrogens is 391 g/mol. The SMILES string of the molecule is C[C@H](OC(=O)c1ccc(-n2cnnn2)cc1)C(=O)Nc1cccc(C(F)(F)F)c1. The quantitative estimate of drug-likeness (QED) is 0.656. The van der Waals surface area contributed by atoms with E-state index in [0.717, 1.165) is 12.1 Å². The highest BCUT2D eigenvalue weighted by atomic mass is 19.4. The fourth-order valence-electron chi connectivity index (χ4n) is 2.33. The Labute approximate surface area is 162 Å². The highest BCUT2D eigenvalue weighted by Gasteiger charge is 2.30. The van der Waals surface area contributed by atoms with Crippen LogP contribution in [0.25, 0.3) is 5.69 Å². The molecule has 11 heteroatoms. The molecule has 0 unspecified atom stereocenters. The van der Waals surface area contributed by atoms with Crippen molar-refractivity contribution >= 4 is 17.6 Å². The number of nitrogens with zero attached hydrogens (tertiary/aromatic N) is 4. The van der Waals surface area contributed by atoms with E-state index in [1.165, 1.54) is 42.2 Å². The molecule has 1 heterocycles. The second-order valence-corrected chi connectivity index (χ2v) is 5.92. The van der Waals surface area contributed by atoms with Gasteiger partial charge in [-0.2, -0.15) is 13.2 Å². The molecular formula is C18H14F3N5O3. The van der Waals surface area contributed by atoms with Gasteiger partial charge in [-0.1, -0.05) is 6.07 Å². The molecule has 1 amide bonds. The number of tetrazole rings is 1. The number of rotatable bonds is 5. The van der Waals surface area contributed by atoms with E-state index in [1.807, 2.05) is 0 Å². The molecule has 1 N–H and O–H groups in total. The third-order valence-corrected chi connectivity index (χ3v) is 3.83. The van der Waals surface area contributed by atoms with E-state index in [0.29, 0.717) is 5.69 Å². The minimum Gasteiger partial charge on any atom is -0.449 e. The molecule has 1 aromatic heterocycles. The van der Waals surface area contributed by atoms with Crippen LogP contribution in [0.2, 0.25) is 0 Å². The monoisotopic (exact) mass is 405 g/mol. The Morgan fingerprint density at radius 1 is 1.14 bits per heavy atom. The van der Waals surface area contributed by atoms with Crippen molar-refractivity contribution in [3.05, 3.63) is 66.0 Å². The second kappa shape index (κ2) is 8.09. The van der Waals surface area contributed by atoms with Gasteiger partial charge in [-0.05, 0) is 59.8 Å². The van der Waals surface area contributed by atoms with Crippen LogP contribution in [0.1, 0.15) is 22.8 Å². The van der Waals surface area contributed by atoms with Crippen LogP contribution in [-0.2, 0) is 15.7 Å². The van der Waals surface area contributed by atoms with Crippen LogP contribution >= 0.6 is 0 Å². The Kier molecular flexibility index (Phi) is 5.57. The van der Waals surface area contributed by atoms with E-state index >= 15 is 0 Å². The number of hydrogen-bond donors (Lipinski definition) is 1. The Hall–Kier alpha value is -3.76. The molecule has 2 aromatic carbocycles. The third-order valence-electron chi connectivity index (χ3n) is 3.83. The smallest absolute Gasteiger partial charge is 0.416 e. The summed E-state index contributed by atoms with van der Waals surface area (Å²) in [4.78, 5) is 24.4. The lowest BCUT2D eigenvalue weighted by atomic mass is 10.2. The fraction of sp³-hybridized carbons (Fsp3) is 0.167. The largest absolute Gasteiger partial charge is 0.449 e. The van der Waals surface area contributed by atoms with Gasteiger partial charge in [-0.3, -0.25) is 4.79 Å². The Balaban J connectivity index is 1.61. The standard InChI is InChI=1S/C18H14F3N5O3/c1-11(16(27)23-14-4-2-3-13(9-14)18(19,20)21)29-17(28)12-5-7-15(8-6-12)26-10-22-24-25-26/h2-11H,1H3,(H,23,27)/t11-/m0/s1. The number of aromatic nitrogens is 4. The van der Waals surface area contributed by atoms with E-state index < -0.39 is 29.7 Å². The molecule has 0 saturated carbocycles. The van der Waals surface area contributed by atoms with E-state index in [1.54, 1.807) is 12.1 Å². The van der Waals surface area contributed by atoms with Crippen LogP contribution in [0.4, 0.5) is 18.9 Å². The van der Waals surface area contributed by atoms with Gasteiger partial charge in [0, 0.05) is 5.69 Å². The zero-order valence-electron chi connectivity index (χ0n) is 14.9. The molecule has 0 aliphatic carbocycles. The van der Waals surface area contributed by atoms with Gasteiger partial charge in [0.05, 0.1) is 16.8 Å². The van der Waals surface area contributed by atoms with Crippen molar-refractivity contribution in [1.29, 1.82) is 0 Å². The topological polar surface area (TPSA) is 99.0 Å². The highest BCUT2D eigenvalue weighted by molar-refractivity contribution is 5.97. The maximum absolute atomic E-state index is 12.7. The van der Waals surface area contributed by atoms with Crippen molar-refractivity contribution in [1.82, 2.24) is 20.2 Å². The molecule has 0 aliphatic rings. The van der Waals surface area contributed by atoms with E-state index in [4.69, 9.17) is 4.74 Å². The second-order valence-electron chi connectivity index (χ2n) is 5.92. The maximum atomic E-state index is 12.7. The Morgan fingerprint density at radius 3 is 2.48 bits per heavy atom. The van der Waals surface area contributed by atoms with Gasteiger partial charge in [0.15, 0.2) is 6.10 Å². The summed E-state index contributed by atoms with van der Waals surface area (Å²) < 4.78 is 44.7. The van der Waals surface area contributed by atoms with Gasteiger partial charge in [-0.15, -0.1) is 5.10 Å². The van der Waals surface area contributed by atoms with Crippen LogP contribution in [0.5, 0.6) is 0 Å². The molecule has 8 nitrogen and oxygen atoms in total. The average Bonchev–Trinajstić information content (AvgIpc) is 3.22. The van der Waals surface area contributed by atoms with E-state index in [-0.39, 0.29) is 11.3 Å². The zero-order chi connectivity index (χ0) is 21.0. The fourth-order valence-corrected chi connectivity index (χ4v) is 2.33. The van der Waals surface area contributed by atoms with Crippen LogP contribution < -0.4 is 5.32 Å². The molecule has 0 bridgehead atoms. The van der Waals surface area contributed by atoms with Crippen molar-refractivity contribution in [3.8, 4) is 5.69 Å². The summed E-state index contributed by atoms with van der Waals surface area (Å²) >= 11 is 0. The predicted octanol–water partition coefficient (Wildman–Crippen LogP) is 2.87. The number of benzene rings is 2. The summed E-state index contributed by atoms with van der Waals surface area (Å²) in [5.74, 6) is -1.53. The van der Waals surface area contributed by atoms with Crippen LogP contribution in [0.15, 0.2) is 54.9 Å². The minimum absolute atomic E-state index is 0.0569. The van der Waals surface area contributed by atoms with Crippen molar-refractivity contribution in [2.24, 2.45) is 0 Å². The number of alkyl halides is 3. The van der Waals surface area contributed by atoms with Crippen LogP contribution in [0.3, 0.4) is 0 Å². The summed E-state index contributed by atoms with van der Waals surface area (Å²) in [7, 11) is 0. The number of halogens is 3. The molecule has 0 radical (unpaired) electrons. The van der Waals surface area contributed by atoms with Gasteiger partial charge in [0.1, 0.15) is 6.33 Å². The number of esters is 1. The van der Waals surface area contributed by atoms with Crippen molar-refractivity contribution in [3.63, 3.8) is 0 Å². The first-order valence-electron chi connectivity index (χ1n) is 8.26. The van der Waals surface area contributed by atoms with Gasteiger partial charge in [0.2, 0.25) is 0 Å². The van der Waals surface area contributed by atoms with Crippen molar-refractivity contribution in [2.45, 2.75) is 19.2 Å². The minimum atomic E-state index is -4.53. The third kappa shape index (κ3) is 4.94. The maximum Gasteiger partial charge on any atom is 0.416 e. The molecule has 0 saturated heterocycles.